The van der Waals surface area contributed by atoms with Crippen molar-refractivity contribution in [2.75, 3.05) is 13.0 Å². The summed E-state index contributed by atoms with van der Waals surface area (Å²) in [5.74, 6) is -0.111. The Bertz CT molecular complexity index is 430. The average Bonchev–Trinajstić information content (AvgIpc) is 2.37. The predicted octanol–water partition coefficient (Wildman–Crippen LogP) is 3.02. The third-order valence-corrected chi connectivity index (χ3v) is 2.77. The lowest BCUT2D eigenvalue weighted by molar-refractivity contribution is 0.0599. The minimum Gasteiger partial charge on any atom is -0.465 e. The molecular formula is C12H12Cl2O3. The molecule has 0 aromatic heterocycles. The highest BCUT2D eigenvalue weighted by Gasteiger charge is 2.14. The van der Waals surface area contributed by atoms with E-state index in [-0.39, 0.29) is 24.0 Å². The number of methoxy groups -OCH3 is 1. The molecule has 0 saturated heterocycles. The van der Waals surface area contributed by atoms with Crippen LogP contribution < -0.4 is 0 Å². The monoisotopic (exact) mass is 274 g/mol. The zero-order valence-electron chi connectivity index (χ0n) is 9.33. The Morgan fingerprint density at radius 1 is 1.29 bits per heavy atom. The number of rotatable bonds is 5. The molecule has 0 unspecified atom stereocenters. The van der Waals surface area contributed by atoms with Gasteiger partial charge in [-0.3, -0.25) is 4.79 Å². The minimum atomic E-state index is -0.461. The van der Waals surface area contributed by atoms with Crippen LogP contribution in [-0.4, -0.2) is 24.7 Å². The average molecular weight is 275 g/mol. The van der Waals surface area contributed by atoms with E-state index in [1.54, 1.807) is 18.2 Å². The molecule has 17 heavy (non-hydrogen) atoms. The van der Waals surface area contributed by atoms with E-state index in [0.717, 1.165) is 0 Å². The molecule has 0 atom stereocenters. The summed E-state index contributed by atoms with van der Waals surface area (Å²) in [6.45, 7) is 0. The molecule has 0 spiro atoms. The van der Waals surface area contributed by atoms with E-state index in [0.29, 0.717) is 16.7 Å². The van der Waals surface area contributed by atoms with Gasteiger partial charge < -0.3 is 4.74 Å². The number of Topliss-reactive ketones (excluding diaryl/α,β-unsaturated/α-hetero) is 1. The van der Waals surface area contributed by atoms with Gasteiger partial charge >= 0.3 is 5.97 Å². The number of benzene rings is 1. The SMILES string of the molecule is COC(=O)c1ccc(C(=O)CCCl)cc1CCl. The molecule has 1 aromatic carbocycles. The van der Waals surface area contributed by atoms with Gasteiger partial charge in [-0.05, 0) is 17.7 Å². The normalized spacial score (nSPS) is 10.1. The van der Waals surface area contributed by atoms with Gasteiger partial charge in [-0.2, -0.15) is 0 Å². The molecule has 3 nitrogen and oxygen atoms in total. The van der Waals surface area contributed by atoms with Gasteiger partial charge in [0.1, 0.15) is 0 Å². The second-order valence-corrected chi connectivity index (χ2v) is 4.00. The maximum atomic E-state index is 11.6. The van der Waals surface area contributed by atoms with Crippen LogP contribution in [0.2, 0.25) is 0 Å². The summed E-state index contributed by atoms with van der Waals surface area (Å²) < 4.78 is 4.62. The first-order valence-electron chi connectivity index (χ1n) is 5.00. The van der Waals surface area contributed by atoms with Crippen LogP contribution in [0.5, 0.6) is 0 Å². The third-order valence-electron chi connectivity index (χ3n) is 2.30. The Hall–Kier alpha value is -1.06. The van der Waals surface area contributed by atoms with Crippen LogP contribution in [0.3, 0.4) is 0 Å². The van der Waals surface area contributed by atoms with E-state index in [2.05, 4.69) is 4.74 Å². The summed E-state index contributed by atoms with van der Waals surface area (Å²) in [4.78, 5) is 23.0. The van der Waals surface area contributed by atoms with Gasteiger partial charge in [0, 0.05) is 23.7 Å². The molecule has 0 N–H and O–H groups in total. The fourth-order valence-electron chi connectivity index (χ4n) is 1.42. The third kappa shape index (κ3) is 3.45. The Morgan fingerprint density at radius 2 is 2.00 bits per heavy atom. The first-order valence-corrected chi connectivity index (χ1v) is 6.07. The topological polar surface area (TPSA) is 43.4 Å². The number of ketones is 1. The summed E-state index contributed by atoms with van der Waals surface area (Å²) in [7, 11) is 1.30. The summed E-state index contributed by atoms with van der Waals surface area (Å²) in [5, 5.41) is 0. The van der Waals surface area contributed by atoms with Gasteiger partial charge in [0.2, 0.25) is 0 Å². The summed E-state index contributed by atoms with van der Waals surface area (Å²) >= 11 is 11.2. The maximum Gasteiger partial charge on any atom is 0.338 e. The highest BCUT2D eigenvalue weighted by Crippen LogP contribution is 2.17. The molecule has 5 heteroatoms. The van der Waals surface area contributed by atoms with Crippen molar-refractivity contribution >= 4 is 35.0 Å². The highest BCUT2D eigenvalue weighted by atomic mass is 35.5. The van der Waals surface area contributed by atoms with Crippen LogP contribution in [0.1, 0.15) is 32.7 Å². The van der Waals surface area contributed by atoms with Gasteiger partial charge in [-0.15, -0.1) is 23.2 Å². The molecule has 0 saturated carbocycles. The minimum absolute atomic E-state index is 0.0669. The molecule has 0 amide bonds. The maximum absolute atomic E-state index is 11.6. The summed E-state index contributed by atoms with van der Waals surface area (Å²) in [5.41, 5.74) is 1.47. The fourth-order valence-corrected chi connectivity index (χ4v) is 1.81. The summed E-state index contributed by atoms with van der Waals surface area (Å²) in [6.07, 6.45) is 0.265. The lowest BCUT2D eigenvalue weighted by atomic mass is 10.0. The number of alkyl halides is 2. The molecule has 92 valence electrons. The summed E-state index contributed by atoms with van der Waals surface area (Å²) in [6, 6.07) is 4.73. The molecule has 0 bridgehead atoms. The lowest BCUT2D eigenvalue weighted by Crippen LogP contribution is -2.07. The van der Waals surface area contributed by atoms with Crippen LogP contribution in [0.25, 0.3) is 0 Å². The second kappa shape index (κ2) is 6.62. The van der Waals surface area contributed by atoms with Crippen molar-refractivity contribution in [1.29, 1.82) is 0 Å². The zero-order chi connectivity index (χ0) is 12.8. The molecule has 1 aromatic rings. The van der Waals surface area contributed by atoms with Crippen molar-refractivity contribution in [3.8, 4) is 0 Å². The van der Waals surface area contributed by atoms with E-state index in [4.69, 9.17) is 23.2 Å². The van der Waals surface area contributed by atoms with Crippen molar-refractivity contribution in [1.82, 2.24) is 0 Å². The fraction of sp³-hybridized carbons (Fsp3) is 0.333. The Labute approximate surface area is 110 Å². The number of esters is 1. The Kier molecular flexibility index (Phi) is 5.45. The zero-order valence-corrected chi connectivity index (χ0v) is 10.8. The lowest BCUT2D eigenvalue weighted by Gasteiger charge is -2.07. The van der Waals surface area contributed by atoms with Gasteiger partial charge in [-0.25, -0.2) is 4.79 Å². The molecule has 0 aliphatic heterocycles. The van der Waals surface area contributed by atoms with Crippen molar-refractivity contribution in [2.45, 2.75) is 12.3 Å². The second-order valence-electron chi connectivity index (χ2n) is 3.36. The number of ether oxygens (including phenoxy) is 1. The number of halogens is 2. The Balaban J connectivity index is 3.08. The standard InChI is InChI=1S/C12H12Cl2O3/c1-17-12(16)10-3-2-8(6-9(10)7-14)11(15)4-5-13/h2-3,6H,4-5,7H2,1H3. The van der Waals surface area contributed by atoms with Crippen molar-refractivity contribution in [2.24, 2.45) is 0 Å². The van der Waals surface area contributed by atoms with Gasteiger partial charge in [-0.1, -0.05) is 6.07 Å². The first-order chi connectivity index (χ1) is 8.13. The number of hydrogen-bond donors (Lipinski definition) is 0. The van der Waals surface area contributed by atoms with Crippen LogP contribution >= 0.6 is 23.2 Å². The van der Waals surface area contributed by atoms with Crippen LogP contribution in [0, 0.1) is 0 Å². The predicted molar refractivity (Wildman–Crippen MR) is 67.0 cm³/mol. The van der Waals surface area contributed by atoms with Crippen molar-refractivity contribution < 1.29 is 14.3 Å². The van der Waals surface area contributed by atoms with Crippen LogP contribution in [0.4, 0.5) is 0 Å². The molecule has 0 heterocycles. The van der Waals surface area contributed by atoms with Gasteiger partial charge in [0.05, 0.1) is 12.7 Å². The van der Waals surface area contributed by atoms with Crippen LogP contribution in [0.15, 0.2) is 18.2 Å². The van der Waals surface area contributed by atoms with E-state index in [1.807, 2.05) is 0 Å². The van der Waals surface area contributed by atoms with Gasteiger partial charge in [0.15, 0.2) is 5.78 Å². The molecule has 0 fully saturated rings. The van der Waals surface area contributed by atoms with Crippen molar-refractivity contribution in [3.63, 3.8) is 0 Å². The smallest absolute Gasteiger partial charge is 0.338 e. The number of carbonyl (C=O) groups excluding carboxylic acids is 2. The molecular weight excluding hydrogens is 263 g/mol. The largest absolute Gasteiger partial charge is 0.465 e. The molecule has 0 aliphatic carbocycles. The van der Waals surface area contributed by atoms with Gasteiger partial charge in [0.25, 0.3) is 0 Å². The van der Waals surface area contributed by atoms with E-state index < -0.39 is 5.97 Å². The van der Waals surface area contributed by atoms with Crippen molar-refractivity contribution in [3.05, 3.63) is 34.9 Å². The van der Waals surface area contributed by atoms with E-state index in [1.165, 1.54) is 7.11 Å². The number of hydrogen-bond acceptors (Lipinski definition) is 3. The molecule has 1 rings (SSSR count). The van der Waals surface area contributed by atoms with E-state index in [9.17, 15) is 9.59 Å². The first kappa shape index (κ1) is 14.0. The quantitative estimate of drug-likeness (QED) is 0.471. The molecule has 0 aliphatic rings. The molecule has 0 radical (unpaired) electrons. The van der Waals surface area contributed by atoms with E-state index >= 15 is 0 Å². The highest BCUT2D eigenvalue weighted by molar-refractivity contribution is 6.20. The Morgan fingerprint density at radius 3 is 2.53 bits per heavy atom. The van der Waals surface area contributed by atoms with Crippen LogP contribution in [-0.2, 0) is 10.6 Å². The number of carbonyl (C=O) groups is 2.